The van der Waals surface area contributed by atoms with Crippen LogP contribution in [0.1, 0.15) is 46.2 Å². The molecule has 0 amide bonds. The first-order valence-electron chi connectivity index (χ1n) is 11.3. The maximum Gasteiger partial charge on any atom is 0.303 e. The highest BCUT2D eigenvalue weighted by Crippen LogP contribution is 2.29. The number of carboxylic acids is 1. The molecule has 0 saturated carbocycles. The van der Waals surface area contributed by atoms with Crippen molar-refractivity contribution in [2.24, 2.45) is 0 Å². The zero-order valence-corrected chi connectivity index (χ0v) is 19.9. The van der Waals surface area contributed by atoms with Crippen LogP contribution in [-0.4, -0.2) is 17.7 Å². The molecule has 0 aliphatic heterocycles. The van der Waals surface area contributed by atoms with Crippen molar-refractivity contribution in [2.45, 2.75) is 53.7 Å². The quantitative estimate of drug-likeness (QED) is 0.335. The largest absolute Gasteiger partial charge is 0.491 e. The molecule has 0 aliphatic rings. The second kappa shape index (κ2) is 11.4. The van der Waals surface area contributed by atoms with Crippen molar-refractivity contribution in [1.82, 2.24) is 0 Å². The Kier molecular flexibility index (Phi) is 8.36. The van der Waals surface area contributed by atoms with E-state index in [0.717, 1.165) is 22.7 Å². The number of hydrogen-bond donors (Lipinski definition) is 2. The molecule has 174 valence electrons. The van der Waals surface area contributed by atoms with Gasteiger partial charge in [-0.15, -0.1) is 0 Å². The van der Waals surface area contributed by atoms with Crippen molar-refractivity contribution in [3.05, 3.63) is 88.0 Å². The number of carboxylic acid groups (broad SMARTS) is 1. The van der Waals surface area contributed by atoms with E-state index >= 15 is 0 Å². The minimum atomic E-state index is -0.808. The summed E-state index contributed by atoms with van der Waals surface area (Å²) in [6.45, 7) is 10.0. The Labute approximate surface area is 196 Å². The number of para-hydroxylation sites is 2. The fraction of sp³-hybridized carbons (Fsp3) is 0.321. The second-order valence-corrected chi connectivity index (χ2v) is 8.33. The number of anilines is 1. The van der Waals surface area contributed by atoms with Crippen LogP contribution in [0.2, 0.25) is 0 Å². The van der Waals surface area contributed by atoms with E-state index in [0.29, 0.717) is 26.2 Å². The van der Waals surface area contributed by atoms with Gasteiger partial charge in [0.2, 0.25) is 0 Å². The lowest BCUT2D eigenvalue weighted by molar-refractivity contribution is -0.137. The van der Waals surface area contributed by atoms with Gasteiger partial charge < -0.3 is 19.9 Å². The monoisotopic (exact) mass is 447 g/mol. The smallest absolute Gasteiger partial charge is 0.303 e. The summed E-state index contributed by atoms with van der Waals surface area (Å²) in [7, 11) is 0. The van der Waals surface area contributed by atoms with Gasteiger partial charge in [-0.3, -0.25) is 4.79 Å². The molecule has 0 radical (unpaired) electrons. The Morgan fingerprint density at radius 2 is 1.58 bits per heavy atom. The van der Waals surface area contributed by atoms with E-state index in [-0.39, 0.29) is 6.42 Å². The summed E-state index contributed by atoms with van der Waals surface area (Å²) < 4.78 is 12.0. The predicted molar refractivity (Wildman–Crippen MR) is 132 cm³/mol. The lowest BCUT2D eigenvalue weighted by atomic mass is 10.0. The van der Waals surface area contributed by atoms with Gasteiger partial charge in [0.1, 0.15) is 18.1 Å². The maximum absolute atomic E-state index is 10.7. The summed E-state index contributed by atoms with van der Waals surface area (Å²) in [5.41, 5.74) is 8.14. The van der Waals surface area contributed by atoms with E-state index in [2.05, 4.69) is 57.3 Å². The third-order valence-electron chi connectivity index (χ3n) is 6.02. The zero-order chi connectivity index (χ0) is 23.8. The molecular formula is C28H33NO4. The predicted octanol–water partition coefficient (Wildman–Crippen LogP) is 6.35. The van der Waals surface area contributed by atoms with Gasteiger partial charge in [-0.1, -0.05) is 36.4 Å². The summed E-state index contributed by atoms with van der Waals surface area (Å²) in [4.78, 5) is 10.7. The molecule has 5 heteroatoms. The van der Waals surface area contributed by atoms with Crippen LogP contribution in [0.25, 0.3) is 0 Å². The van der Waals surface area contributed by atoms with Gasteiger partial charge in [-0.25, -0.2) is 0 Å². The van der Waals surface area contributed by atoms with Gasteiger partial charge in [0.25, 0.3) is 0 Å². The molecule has 0 fully saturated rings. The van der Waals surface area contributed by atoms with E-state index < -0.39 is 5.97 Å². The van der Waals surface area contributed by atoms with Crippen molar-refractivity contribution in [3.63, 3.8) is 0 Å². The van der Waals surface area contributed by atoms with Gasteiger partial charge in [0.05, 0.1) is 12.3 Å². The van der Waals surface area contributed by atoms with Gasteiger partial charge in [-0.05, 0) is 85.7 Å². The lowest BCUT2D eigenvalue weighted by Gasteiger charge is -2.18. The first-order valence-corrected chi connectivity index (χ1v) is 11.3. The minimum Gasteiger partial charge on any atom is -0.491 e. The molecule has 5 nitrogen and oxygen atoms in total. The number of aryl methyl sites for hydroxylation is 2. The van der Waals surface area contributed by atoms with Crippen molar-refractivity contribution < 1.29 is 19.4 Å². The average Bonchev–Trinajstić information content (AvgIpc) is 2.79. The van der Waals surface area contributed by atoms with E-state index in [9.17, 15) is 4.79 Å². The van der Waals surface area contributed by atoms with Crippen molar-refractivity contribution >= 4 is 11.7 Å². The summed E-state index contributed by atoms with van der Waals surface area (Å²) >= 11 is 0. The molecule has 0 saturated heterocycles. The first kappa shape index (κ1) is 24.2. The van der Waals surface area contributed by atoms with Crippen LogP contribution in [-0.2, 0) is 17.9 Å². The number of rotatable bonds is 11. The van der Waals surface area contributed by atoms with Crippen LogP contribution < -0.4 is 14.8 Å². The number of nitrogens with one attached hydrogen (secondary N) is 1. The molecular weight excluding hydrogens is 414 g/mol. The number of hydrogen-bond acceptors (Lipinski definition) is 4. The highest BCUT2D eigenvalue weighted by Gasteiger charge is 2.11. The van der Waals surface area contributed by atoms with Gasteiger partial charge in [-0.2, -0.15) is 0 Å². The normalized spacial score (nSPS) is 10.7. The molecule has 0 heterocycles. The van der Waals surface area contributed by atoms with Crippen molar-refractivity contribution in [2.75, 3.05) is 11.9 Å². The van der Waals surface area contributed by atoms with Crippen LogP contribution in [0.4, 0.5) is 5.69 Å². The van der Waals surface area contributed by atoms with Gasteiger partial charge in [0, 0.05) is 13.0 Å². The molecule has 33 heavy (non-hydrogen) atoms. The summed E-state index contributed by atoms with van der Waals surface area (Å²) in [6, 6.07) is 18.2. The molecule has 2 N–H and O–H groups in total. The third kappa shape index (κ3) is 6.51. The summed E-state index contributed by atoms with van der Waals surface area (Å²) in [6.07, 6.45) is 0.581. The Morgan fingerprint density at radius 1 is 0.848 bits per heavy atom. The molecule has 0 aliphatic carbocycles. The number of carbonyl (C=O) groups is 1. The molecule has 0 aromatic heterocycles. The third-order valence-corrected chi connectivity index (χ3v) is 6.02. The Balaban J connectivity index is 1.64. The topological polar surface area (TPSA) is 67.8 Å². The highest BCUT2D eigenvalue weighted by molar-refractivity contribution is 5.66. The van der Waals surface area contributed by atoms with Crippen LogP contribution in [0.3, 0.4) is 0 Å². The Hall–Kier alpha value is -3.47. The average molecular weight is 448 g/mol. The molecule has 3 aromatic carbocycles. The highest BCUT2D eigenvalue weighted by atomic mass is 16.5. The molecule has 3 rings (SSSR count). The molecule has 0 atom stereocenters. The zero-order valence-electron chi connectivity index (χ0n) is 19.9. The Morgan fingerprint density at radius 3 is 2.30 bits per heavy atom. The summed E-state index contributed by atoms with van der Waals surface area (Å²) in [5.74, 6) is 0.823. The maximum atomic E-state index is 10.7. The SMILES string of the molecule is Cc1cccc(C)c1COc1ccc(CNc2ccccc2OCCCC(=O)O)c(C)c1C. The molecule has 3 aromatic rings. The standard InChI is InChI=1S/C28H33NO4/c1-19-9-7-10-20(2)24(19)18-33-26-15-14-23(21(3)22(26)4)17-29-25-11-5-6-12-27(25)32-16-8-13-28(30)31/h5-7,9-12,14-15,29H,8,13,16-18H2,1-4H3,(H,30,31). The fourth-order valence-corrected chi connectivity index (χ4v) is 3.76. The number of ether oxygens (including phenoxy) is 2. The van der Waals surface area contributed by atoms with Crippen molar-refractivity contribution in [3.8, 4) is 11.5 Å². The molecule has 0 unspecified atom stereocenters. The van der Waals surface area contributed by atoms with E-state index in [1.165, 1.54) is 27.8 Å². The first-order chi connectivity index (χ1) is 15.9. The summed E-state index contributed by atoms with van der Waals surface area (Å²) in [5, 5.41) is 12.2. The Bertz CT molecular complexity index is 1090. The lowest BCUT2D eigenvalue weighted by Crippen LogP contribution is -2.07. The van der Waals surface area contributed by atoms with Crippen LogP contribution in [0, 0.1) is 27.7 Å². The molecule has 0 spiro atoms. The van der Waals surface area contributed by atoms with E-state index in [4.69, 9.17) is 14.6 Å². The van der Waals surface area contributed by atoms with Crippen LogP contribution >= 0.6 is 0 Å². The second-order valence-electron chi connectivity index (χ2n) is 8.33. The van der Waals surface area contributed by atoms with Crippen LogP contribution in [0.15, 0.2) is 54.6 Å². The molecule has 0 bridgehead atoms. The number of benzene rings is 3. The van der Waals surface area contributed by atoms with Gasteiger partial charge >= 0.3 is 5.97 Å². The van der Waals surface area contributed by atoms with Crippen molar-refractivity contribution in [1.29, 1.82) is 0 Å². The van der Waals surface area contributed by atoms with E-state index in [1.807, 2.05) is 30.3 Å². The fourth-order valence-electron chi connectivity index (χ4n) is 3.76. The number of aliphatic carboxylic acids is 1. The van der Waals surface area contributed by atoms with E-state index in [1.54, 1.807) is 0 Å². The van der Waals surface area contributed by atoms with Crippen LogP contribution in [0.5, 0.6) is 11.5 Å². The van der Waals surface area contributed by atoms with Gasteiger partial charge in [0.15, 0.2) is 0 Å². The minimum absolute atomic E-state index is 0.103.